The van der Waals surface area contributed by atoms with Gasteiger partial charge in [-0.15, -0.1) is 0 Å². The van der Waals surface area contributed by atoms with E-state index in [2.05, 4.69) is 9.97 Å². The number of aromatic hydroxyl groups is 1. The summed E-state index contributed by atoms with van der Waals surface area (Å²) in [4.78, 5) is 18.7. The molecular formula is C14H16ClN3O2. The van der Waals surface area contributed by atoms with Crippen LogP contribution in [0.25, 0.3) is 11.1 Å². The third-order valence-electron chi connectivity index (χ3n) is 2.98. The minimum absolute atomic E-state index is 0.0972. The molecule has 0 saturated carbocycles. The fourth-order valence-corrected chi connectivity index (χ4v) is 2.20. The van der Waals surface area contributed by atoms with Crippen molar-refractivity contribution < 1.29 is 5.11 Å². The second-order valence-corrected chi connectivity index (χ2v) is 4.99. The van der Waals surface area contributed by atoms with E-state index >= 15 is 0 Å². The Kier molecular flexibility index (Phi) is 4.42. The summed E-state index contributed by atoms with van der Waals surface area (Å²) in [7, 11) is 0. The molecule has 2 rings (SSSR count). The number of nitrogens with two attached hydrogens (primary N) is 1. The Morgan fingerprint density at radius 2 is 2.25 bits per heavy atom. The maximum atomic E-state index is 12.1. The van der Waals surface area contributed by atoms with Gasteiger partial charge in [0.2, 0.25) is 5.88 Å². The van der Waals surface area contributed by atoms with Crippen LogP contribution in [0.15, 0.2) is 29.1 Å². The van der Waals surface area contributed by atoms with Gasteiger partial charge in [-0.25, -0.2) is 0 Å². The van der Waals surface area contributed by atoms with Gasteiger partial charge in [0.15, 0.2) is 0 Å². The third kappa shape index (κ3) is 3.00. The number of halogens is 1. The van der Waals surface area contributed by atoms with Crippen LogP contribution in [0.1, 0.15) is 31.6 Å². The highest BCUT2D eigenvalue weighted by Gasteiger charge is 2.16. The minimum atomic E-state index is -0.429. The van der Waals surface area contributed by atoms with E-state index in [1.165, 1.54) is 0 Å². The van der Waals surface area contributed by atoms with Crippen LogP contribution in [0.3, 0.4) is 0 Å². The van der Waals surface area contributed by atoms with Gasteiger partial charge in [-0.05, 0) is 24.1 Å². The van der Waals surface area contributed by atoms with Crippen LogP contribution in [0.2, 0.25) is 5.02 Å². The van der Waals surface area contributed by atoms with E-state index in [-0.39, 0.29) is 11.4 Å². The van der Waals surface area contributed by atoms with E-state index in [1.807, 2.05) is 6.92 Å². The molecule has 0 radical (unpaired) electrons. The van der Waals surface area contributed by atoms with Gasteiger partial charge in [0, 0.05) is 5.02 Å². The van der Waals surface area contributed by atoms with Gasteiger partial charge in [0.1, 0.15) is 11.4 Å². The maximum Gasteiger partial charge on any atom is 0.262 e. The number of H-pyrrole nitrogens is 1. The largest absolute Gasteiger partial charge is 0.493 e. The molecule has 1 aromatic heterocycles. The normalized spacial score (nSPS) is 12.3. The van der Waals surface area contributed by atoms with Gasteiger partial charge >= 0.3 is 0 Å². The fraction of sp³-hybridized carbons (Fsp3) is 0.286. The van der Waals surface area contributed by atoms with Gasteiger partial charge in [0.25, 0.3) is 5.56 Å². The molecule has 0 aliphatic rings. The standard InChI is InChI=1S/C14H16ClN3O2/c1-2-4-10(16)12-17-13(19)11(14(20)18-12)8-5-3-6-9(15)7-8/h3,5-7,10H,2,4,16H2,1H3,(H2,17,18,19,20). The highest BCUT2D eigenvalue weighted by Crippen LogP contribution is 2.26. The molecule has 0 aliphatic carbocycles. The molecule has 0 aliphatic heterocycles. The fourth-order valence-electron chi connectivity index (χ4n) is 2.01. The van der Waals surface area contributed by atoms with Crippen molar-refractivity contribution in [2.24, 2.45) is 5.73 Å². The average Bonchev–Trinajstić information content (AvgIpc) is 2.38. The average molecular weight is 294 g/mol. The molecule has 20 heavy (non-hydrogen) atoms. The Balaban J connectivity index is 2.49. The summed E-state index contributed by atoms with van der Waals surface area (Å²) >= 11 is 5.89. The zero-order valence-corrected chi connectivity index (χ0v) is 11.8. The lowest BCUT2D eigenvalue weighted by Gasteiger charge is -2.11. The number of hydrogen-bond acceptors (Lipinski definition) is 4. The van der Waals surface area contributed by atoms with Crippen LogP contribution in [-0.4, -0.2) is 15.1 Å². The first-order valence-corrected chi connectivity index (χ1v) is 6.75. The Morgan fingerprint density at radius 1 is 1.50 bits per heavy atom. The van der Waals surface area contributed by atoms with Crippen LogP contribution < -0.4 is 11.3 Å². The van der Waals surface area contributed by atoms with Crippen molar-refractivity contribution in [2.75, 3.05) is 0 Å². The number of hydrogen-bond donors (Lipinski definition) is 3. The SMILES string of the molecule is CCCC(N)c1nc(O)c(-c2cccc(Cl)c2)c(=O)[nH]1. The zero-order chi connectivity index (χ0) is 14.7. The lowest BCUT2D eigenvalue weighted by atomic mass is 10.1. The van der Waals surface area contributed by atoms with Gasteiger partial charge in [-0.2, -0.15) is 4.98 Å². The van der Waals surface area contributed by atoms with Crippen LogP contribution in [0.4, 0.5) is 0 Å². The molecule has 1 unspecified atom stereocenters. The highest BCUT2D eigenvalue weighted by atomic mass is 35.5. The van der Waals surface area contributed by atoms with Crippen molar-refractivity contribution in [3.8, 4) is 17.0 Å². The lowest BCUT2D eigenvalue weighted by Crippen LogP contribution is -2.20. The van der Waals surface area contributed by atoms with E-state index in [4.69, 9.17) is 17.3 Å². The van der Waals surface area contributed by atoms with E-state index in [0.29, 0.717) is 22.8 Å². The van der Waals surface area contributed by atoms with Gasteiger partial charge < -0.3 is 15.8 Å². The third-order valence-corrected chi connectivity index (χ3v) is 3.22. The molecule has 0 saturated heterocycles. The van der Waals surface area contributed by atoms with Crippen molar-refractivity contribution >= 4 is 11.6 Å². The Bertz CT molecular complexity index is 670. The van der Waals surface area contributed by atoms with Crippen molar-refractivity contribution in [1.82, 2.24) is 9.97 Å². The quantitative estimate of drug-likeness (QED) is 0.808. The summed E-state index contributed by atoms with van der Waals surface area (Å²) in [6.45, 7) is 1.98. The second kappa shape index (κ2) is 6.07. The highest BCUT2D eigenvalue weighted by molar-refractivity contribution is 6.30. The summed E-state index contributed by atoms with van der Waals surface area (Å²) in [6, 6.07) is 6.28. The van der Waals surface area contributed by atoms with Gasteiger partial charge in [0.05, 0.1) is 6.04 Å². The molecule has 2 aromatic rings. The summed E-state index contributed by atoms with van der Waals surface area (Å²) in [5.41, 5.74) is 6.07. The van der Waals surface area contributed by atoms with Crippen molar-refractivity contribution in [1.29, 1.82) is 0 Å². The monoisotopic (exact) mass is 293 g/mol. The molecule has 106 valence electrons. The predicted octanol–water partition coefficient (Wildman–Crippen LogP) is 2.60. The van der Waals surface area contributed by atoms with Crippen molar-refractivity contribution in [3.63, 3.8) is 0 Å². The van der Waals surface area contributed by atoms with Gasteiger partial charge in [-0.3, -0.25) is 4.79 Å². The Morgan fingerprint density at radius 3 is 2.85 bits per heavy atom. The number of rotatable bonds is 4. The van der Waals surface area contributed by atoms with E-state index in [1.54, 1.807) is 24.3 Å². The van der Waals surface area contributed by atoms with E-state index < -0.39 is 11.6 Å². The smallest absolute Gasteiger partial charge is 0.262 e. The molecule has 4 N–H and O–H groups in total. The lowest BCUT2D eigenvalue weighted by molar-refractivity contribution is 0.444. The summed E-state index contributed by atoms with van der Waals surface area (Å²) < 4.78 is 0. The summed E-state index contributed by atoms with van der Waals surface area (Å²) in [5.74, 6) is -0.0438. The van der Waals surface area contributed by atoms with Crippen molar-refractivity contribution in [2.45, 2.75) is 25.8 Å². The van der Waals surface area contributed by atoms with E-state index in [9.17, 15) is 9.90 Å². The number of aromatic amines is 1. The number of nitrogens with zero attached hydrogens (tertiary/aromatic N) is 1. The maximum absolute atomic E-state index is 12.1. The molecule has 1 aromatic carbocycles. The zero-order valence-electron chi connectivity index (χ0n) is 11.1. The molecule has 6 heteroatoms. The van der Waals surface area contributed by atoms with Crippen LogP contribution >= 0.6 is 11.6 Å². The molecule has 0 spiro atoms. The first-order valence-electron chi connectivity index (χ1n) is 6.37. The second-order valence-electron chi connectivity index (χ2n) is 4.56. The Hall–Kier alpha value is -1.85. The number of aromatic nitrogens is 2. The molecule has 0 fully saturated rings. The van der Waals surface area contributed by atoms with Crippen LogP contribution in [0, 0.1) is 0 Å². The molecule has 0 amide bonds. The molecule has 1 atom stereocenters. The number of nitrogens with one attached hydrogen (secondary N) is 1. The first kappa shape index (κ1) is 14.6. The summed E-state index contributed by atoms with van der Waals surface area (Å²) in [6.07, 6.45) is 1.54. The van der Waals surface area contributed by atoms with E-state index in [0.717, 1.165) is 6.42 Å². The van der Waals surface area contributed by atoms with Crippen LogP contribution in [0.5, 0.6) is 5.88 Å². The van der Waals surface area contributed by atoms with Crippen LogP contribution in [-0.2, 0) is 0 Å². The molecule has 5 nitrogen and oxygen atoms in total. The number of benzene rings is 1. The molecule has 1 heterocycles. The van der Waals surface area contributed by atoms with Crippen molar-refractivity contribution in [3.05, 3.63) is 45.5 Å². The van der Waals surface area contributed by atoms with Gasteiger partial charge in [-0.1, -0.05) is 37.1 Å². The first-order chi connectivity index (χ1) is 9.52. The minimum Gasteiger partial charge on any atom is -0.493 e. The summed E-state index contributed by atoms with van der Waals surface area (Å²) in [5, 5.41) is 10.5. The molecule has 0 bridgehead atoms. The predicted molar refractivity (Wildman–Crippen MR) is 78.8 cm³/mol. The molecular weight excluding hydrogens is 278 g/mol. The Labute approximate surface area is 121 Å². The topological polar surface area (TPSA) is 92.0 Å².